The summed E-state index contributed by atoms with van der Waals surface area (Å²) in [6.45, 7) is 18.5. The Labute approximate surface area is 315 Å². The second kappa shape index (κ2) is 34.0. The fourth-order valence-electron chi connectivity index (χ4n) is 4.62. The zero-order chi connectivity index (χ0) is 35.8. The summed E-state index contributed by atoms with van der Waals surface area (Å²) in [4.78, 5) is 0. The van der Waals surface area contributed by atoms with Crippen molar-refractivity contribution in [2.75, 3.05) is 77.6 Å². The maximum Gasteiger partial charge on any atom is 0.257 e. The molecule has 13 heteroatoms. The molecule has 0 aliphatic heterocycles. The smallest absolute Gasteiger partial charge is 0.257 e. The van der Waals surface area contributed by atoms with Crippen LogP contribution in [-0.4, -0.2) is 112 Å². The van der Waals surface area contributed by atoms with E-state index in [1.165, 1.54) is 38.5 Å². The molecule has 0 saturated heterocycles. The predicted octanol–water partition coefficient (Wildman–Crippen LogP) is 7.05. The Balaban J connectivity index is 3.87. The molecule has 0 aromatic carbocycles. The van der Waals surface area contributed by atoms with Gasteiger partial charge in [-0.2, -0.15) is 25.3 Å². The summed E-state index contributed by atoms with van der Waals surface area (Å²) in [5.41, 5.74) is 0. The molecule has 0 heterocycles. The third kappa shape index (κ3) is 28.6. The van der Waals surface area contributed by atoms with Crippen molar-refractivity contribution in [3.63, 3.8) is 0 Å². The molecular weight excluding hydrogens is 689 g/mol. The summed E-state index contributed by atoms with van der Waals surface area (Å²) < 4.78 is 40.6. The molecule has 286 valence electrons. The standard InChI is InChI=1S/C35H70N2O7S4/c1-7-11-13-30(9-3)22-41-24-32(26-45)43-34(47)36-28(5)15-16-38-17-18-39-19-20-40-21-29(6)37-35(48)44-33(27-46)25-42-23-31(10-4)14-12-8-2/h28-33,45-46H,7-27H2,1-6H3,(H,36,47)(H,37,48). The number of ether oxygens (including phenoxy) is 7. The van der Waals surface area contributed by atoms with Gasteiger partial charge in [0.05, 0.1) is 52.3 Å². The SMILES string of the molecule is CCCCC(CC)COCC(CS)OC(=S)NC(C)CCOCCOCCOCC(C)NC(=S)OC(CS)COCC(CC)CCCC. The number of hydrogen-bond acceptors (Lipinski definition) is 11. The monoisotopic (exact) mass is 758 g/mol. The Hall–Kier alpha value is -0.120. The molecule has 0 bridgehead atoms. The van der Waals surface area contributed by atoms with E-state index in [2.05, 4.69) is 70.5 Å². The molecule has 0 saturated carbocycles. The molecule has 48 heavy (non-hydrogen) atoms. The van der Waals surface area contributed by atoms with Crippen LogP contribution in [0.1, 0.15) is 99.3 Å². The number of nitrogens with one attached hydrogen (secondary N) is 2. The summed E-state index contributed by atoms with van der Waals surface area (Å²) in [7, 11) is 0. The van der Waals surface area contributed by atoms with Gasteiger partial charge in [-0.3, -0.25) is 0 Å². The van der Waals surface area contributed by atoms with Crippen molar-refractivity contribution in [3.8, 4) is 0 Å². The van der Waals surface area contributed by atoms with Crippen LogP contribution in [0.3, 0.4) is 0 Å². The lowest BCUT2D eigenvalue weighted by Crippen LogP contribution is -2.39. The van der Waals surface area contributed by atoms with E-state index in [-0.39, 0.29) is 24.3 Å². The van der Waals surface area contributed by atoms with E-state index >= 15 is 0 Å². The summed E-state index contributed by atoms with van der Waals surface area (Å²) in [5, 5.41) is 7.09. The van der Waals surface area contributed by atoms with Gasteiger partial charge >= 0.3 is 0 Å². The van der Waals surface area contributed by atoms with E-state index in [1.54, 1.807) is 0 Å². The van der Waals surface area contributed by atoms with Gasteiger partial charge < -0.3 is 43.8 Å². The molecule has 0 radical (unpaired) electrons. The molecule has 0 aliphatic rings. The minimum Gasteiger partial charge on any atom is -0.464 e. The van der Waals surface area contributed by atoms with Gasteiger partial charge in [0.1, 0.15) is 12.2 Å². The van der Waals surface area contributed by atoms with Crippen molar-refractivity contribution in [1.29, 1.82) is 0 Å². The Morgan fingerprint density at radius 3 is 1.42 bits per heavy atom. The lowest BCUT2D eigenvalue weighted by Gasteiger charge is -2.22. The van der Waals surface area contributed by atoms with Crippen molar-refractivity contribution in [2.24, 2.45) is 11.8 Å². The first kappa shape index (κ1) is 47.9. The molecule has 9 nitrogen and oxygen atoms in total. The first-order valence-corrected chi connectivity index (χ1v) is 20.3. The minimum absolute atomic E-state index is 0.000655. The van der Waals surface area contributed by atoms with Crippen LogP contribution in [0.4, 0.5) is 0 Å². The molecular formula is C35H70N2O7S4. The average molecular weight is 759 g/mol. The van der Waals surface area contributed by atoms with E-state index in [0.717, 1.165) is 32.5 Å². The van der Waals surface area contributed by atoms with Gasteiger partial charge in [0.15, 0.2) is 0 Å². The number of rotatable bonds is 33. The highest BCUT2D eigenvalue weighted by molar-refractivity contribution is 7.80. The Morgan fingerprint density at radius 2 is 0.979 bits per heavy atom. The number of thiol groups is 2. The van der Waals surface area contributed by atoms with Crippen LogP contribution >= 0.6 is 49.7 Å². The van der Waals surface area contributed by atoms with E-state index in [9.17, 15) is 0 Å². The second-order valence-corrected chi connectivity index (χ2v) is 14.0. The predicted molar refractivity (Wildman–Crippen MR) is 213 cm³/mol. The van der Waals surface area contributed by atoms with E-state index < -0.39 is 0 Å². The first-order valence-electron chi connectivity index (χ1n) is 18.3. The van der Waals surface area contributed by atoms with Crippen LogP contribution in [0.25, 0.3) is 0 Å². The summed E-state index contributed by atoms with van der Waals surface area (Å²) in [5.74, 6) is 2.26. The quantitative estimate of drug-likeness (QED) is 0.0316. The second-order valence-electron chi connectivity index (χ2n) is 12.5. The number of thiocarbonyl (C=S) groups is 2. The van der Waals surface area contributed by atoms with Crippen molar-refractivity contribution in [1.82, 2.24) is 10.6 Å². The third-order valence-corrected chi connectivity index (χ3v) is 9.13. The van der Waals surface area contributed by atoms with E-state index in [0.29, 0.717) is 86.5 Å². The molecule has 2 N–H and O–H groups in total. The molecule has 0 rings (SSSR count). The molecule has 0 aromatic rings. The Bertz CT molecular complexity index is 700. The van der Waals surface area contributed by atoms with E-state index in [1.807, 2.05) is 6.92 Å². The molecule has 0 aliphatic carbocycles. The van der Waals surface area contributed by atoms with Crippen molar-refractivity contribution < 1.29 is 33.2 Å². The summed E-state index contributed by atoms with van der Waals surface area (Å²) in [6.07, 6.45) is 10.00. The van der Waals surface area contributed by atoms with Crippen LogP contribution in [0.15, 0.2) is 0 Å². The normalized spacial score (nSPS) is 15.2. The Morgan fingerprint density at radius 1 is 0.542 bits per heavy atom. The summed E-state index contributed by atoms with van der Waals surface area (Å²) >= 11 is 19.6. The fourth-order valence-corrected chi connectivity index (χ4v) is 5.66. The first-order chi connectivity index (χ1) is 23.2. The van der Waals surface area contributed by atoms with Gasteiger partial charge in [-0.15, -0.1) is 0 Å². The minimum atomic E-state index is -0.188. The highest BCUT2D eigenvalue weighted by Gasteiger charge is 2.16. The van der Waals surface area contributed by atoms with Crippen LogP contribution in [0.5, 0.6) is 0 Å². The van der Waals surface area contributed by atoms with Crippen LogP contribution in [0.2, 0.25) is 0 Å². The zero-order valence-corrected chi connectivity index (χ0v) is 34.3. The third-order valence-electron chi connectivity index (χ3n) is 7.89. The molecule has 6 atom stereocenters. The molecule has 0 aromatic heterocycles. The number of unbranched alkanes of at least 4 members (excludes halogenated alkanes) is 2. The molecule has 0 fully saturated rings. The van der Waals surface area contributed by atoms with E-state index in [4.69, 9.17) is 57.6 Å². The largest absolute Gasteiger partial charge is 0.464 e. The lowest BCUT2D eigenvalue weighted by molar-refractivity contribution is 0.00988. The van der Waals surface area contributed by atoms with Gasteiger partial charge in [-0.05, 0) is 69.4 Å². The van der Waals surface area contributed by atoms with Gasteiger partial charge in [-0.1, -0.05) is 66.2 Å². The topological polar surface area (TPSA) is 88.7 Å². The maximum atomic E-state index is 5.92. The summed E-state index contributed by atoms with van der Waals surface area (Å²) in [6, 6.07) is 0.118. The fraction of sp³-hybridized carbons (Fsp3) is 0.943. The molecule has 6 unspecified atom stereocenters. The van der Waals surface area contributed by atoms with Gasteiger partial charge in [0.25, 0.3) is 10.3 Å². The molecule has 0 spiro atoms. The van der Waals surface area contributed by atoms with Gasteiger partial charge in [0, 0.05) is 37.4 Å². The van der Waals surface area contributed by atoms with Gasteiger partial charge in [-0.25, -0.2) is 0 Å². The highest BCUT2D eigenvalue weighted by atomic mass is 32.1. The maximum absolute atomic E-state index is 5.92. The Kier molecular flexibility index (Phi) is 33.9. The number of hydrogen-bond donors (Lipinski definition) is 4. The van der Waals surface area contributed by atoms with Crippen LogP contribution < -0.4 is 10.6 Å². The van der Waals surface area contributed by atoms with Crippen molar-refractivity contribution in [3.05, 3.63) is 0 Å². The zero-order valence-electron chi connectivity index (χ0n) is 30.9. The van der Waals surface area contributed by atoms with Gasteiger partial charge in [0.2, 0.25) is 0 Å². The van der Waals surface area contributed by atoms with Crippen molar-refractivity contribution >= 4 is 60.0 Å². The van der Waals surface area contributed by atoms with Crippen molar-refractivity contribution in [2.45, 2.75) is 124 Å². The van der Waals surface area contributed by atoms with Crippen LogP contribution in [0, 0.1) is 11.8 Å². The lowest BCUT2D eigenvalue weighted by atomic mass is 10.0. The molecule has 0 amide bonds. The van der Waals surface area contributed by atoms with Crippen LogP contribution in [-0.2, 0) is 33.2 Å². The average Bonchev–Trinajstić information content (AvgIpc) is 3.07. The highest BCUT2D eigenvalue weighted by Crippen LogP contribution is 2.14.